The molecule has 1 heterocycles. The number of para-hydroxylation sites is 1. The molecule has 0 bridgehead atoms. The summed E-state index contributed by atoms with van der Waals surface area (Å²) < 4.78 is 12.7. The number of anilines is 1. The summed E-state index contributed by atoms with van der Waals surface area (Å²) >= 11 is 1.33. The second kappa shape index (κ2) is 10.9. The van der Waals surface area contributed by atoms with Gasteiger partial charge >= 0.3 is 0 Å². The fraction of sp³-hybridized carbons (Fsp3) is 0.250. The number of rotatable bonds is 8. The Morgan fingerprint density at radius 2 is 1.64 bits per heavy atom. The minimum atomic E-state index is -0.107. The molecule has 0 radical (unpaired) electrons. The molecule has 0 atom stereocenters. The summed E-state index contributed by atoms with van der Waals surface area (Å²) in [6, 6.07) is 23.2. The van der Waals surface area contributed by atoms with E-state index in [0.29, 0.717) is 11.0 Å². The molecule has 1 amide bonds. The van der Waals surface area contributed by atoms with Crippen LogP contribution in [0.5, 0.6) is 11.5 Å². The molecule has 7 nitrogen and oxygen atoms in total. The molecule has 186 valence electrons. The zero-order chi connectivity index (χ0) is 25.7. The Morgan fingerprint density at radius 3 is 2.33 bits per heavy atom. The average Bonchev–Trinajstić information content (AvgIpc) is 3.31. The van der Waals surface area contributed by atoms with Crippen molar-refractivity contribution in [3.8, 4) is 28.6 Å². The Bertz CT molecular complexity index is 1340. The third-order valence-electron chi connectivity index (χ3n) is 5.63. The minimum absolute atomic E-state index is 0.0861. The topological polar surface area (TPSA) is 78.3 Å². The Hall–Kier alpha value is -3.78. The second-order valence-corrected chi connectivity index (χ2v) is 10.1. The summed E-state index contributed by atoms with van der Waals surface area (Å²) in [7, 11) is 3.26. The van der Waals surface area contributed by atoms with Gasteiger partial charge in [-0.2, -0.15) is 0 Å². The van der Waals surface area contributed by atoms with E-state index in [2.05, 4.69) is 36.3 Å². The van der Waals surface area contributed by atoms with Crippen LogP contribution in [0.1, 0.15) is 26.3 Å². The molecule has 4 aromatic rings. The predicted octanol–water partition coefficient (Wildman–Crippen LogP) is 5.98. The lowest BCUT2D eigenvalue weighted by Crippen LogP contribution is -2.20. The maximum Gasteiger partial charge on any atom is 0.234 e. The van der Waals surface area contributed by atoms with Crippen molar-refractivity contribution in [2.75, 3.05) is 25.3 Å². The van der Waals surface area contributed by atoms with Gasteiger partial charge in [-0.1, -0.05) is 62.9 Å². The van der Waals surface area contributed by atoms with E-state index in [4.69, 9.17) is 9.47 Å². The first-order valence-corrected chi connectivity index (χ1v) is 12.5. The first-order valence-electron chi connectivity index (χ1n) is 11.6. The lowest BCUT2D eigenvalue weighted by molar-refractivity contribution is -0.113. The van der Waals surface area contributed by atoms with Gasteiger partial charge in [-0.15, -0.1) is 10.2 Å². The van der Waals surface area contributed by atoms with Crippen LogP contribution in [0, 0.1) is 0 Å². The van der Waals surface area contributed by atoms with E-state index in [0.717, 1.165) is 34.0 Å². The highest BCUT2D eigenvalue weighted by Gasteiger charge is 2.20. The van der Waals surface area contributed by atoms with Crippen molar-refractivity contribution in [2.24, 2.45) is 0 Å². The van der Waals surface area contributed by atoms with Gasteiger partial charge in [0.05, 0.1) is 20.0 Å². The lowest BCUT2D eigenvalue weighted by atomic mass is 9.86. The van der Waals surface area contributed by atoms with E-state index in [9.17, 15) is 4.79 Å². The average molecular weight is 503 g/mol. The summed E-state index contributed by atoms with van der Waals surface area (Å²) in [5, 5.41) is 12.6. The number of benzene rings is 3. The lowest BCUT2D eigenvalue weighted by Gasteiger charge is -2.23. The number of methoxy groups -OCH3 is 2. The molecular formula is C28H30N4O3S. The van der Waals surface area contributed by atoms with E-state index in [1.54, 1.807) is 14.2 Å². The molecule has 0 saturated heterocycles. The molecule has 3 aromatic carbocycles. The van der Waals surface area contributed by atoms with Crippen LogP contribution in [-0.2, 0) is 10.2 Å². The number of hydrogen-bond acceptors (Lipinski definition) is 6. The van der Waals surface area contributed by atoms with Crippen LogP contribution < -0.4 is 14.8 Å². The molecule has 0 aliphatic heterocycles. The number of carbonyl (C=O) groups excluding carboxylic acids is 1. The number of nitrogens with one attached hydrogen (secondary N) is 1. The molecule has 0 fully saturated rings. The van der Waals surface area contributed by atoms with Gasteiger partial charge in [0.2, 0.25) is 5.91 Å². The van der Waals surface area contributed by atoms with Crippen molar-refractivity contribution in [1.82, 2.24) is 14.8 Å². The van der Waals surface area contributed by atoms with E-state index < -0.39 is 0 Å². The van der Waals surface area contributed by atoms with Gasteiger partial charge in [0.25, 0.3) is 0 Å². The van der Waals surface area contributed by atoms with Gasteiger partial charge in [-0.3, -0.25) is 9.36 Å². The van der Waals surface area contributed by atoms with Crippen molar-refractivity contribution in [3.05, 3.63) is 78.4 Å². The largest absolute Gasteiger partial charge is 0.497 e. The monoisotopic (exact) mass is 502 g/mol. The molecule has 0 unspecified atom stereocenters. The number of thioether (sulfide) groups is 1. The maximum atomic E-state index is 12.9. The smallest absolute Gasteiger partial charge is 0.234 e. The second-order valence-electron chi connectivity index (χ2n) is 9.20. The van der Waals surface area contributed by atoms with Crippen LogP contribution in [0.15, 0.2) is 78.0 Å². The molecule has 8 heteroatoms. The fourth-order valence-electron chi connectivity index (χ4n) is 3.84. The van der Waals surface area contributed by atoms with Gasteiger partial charge in [0.15, 0.2) is 11.0 Å². The number of carbonyl (C=O) groups is 1. The SMILES string of the molecule is COc1ccc(-n2c(SCC(=O)Nc3ccccc3C(C)(C)C)nnc2-c2cccc(OC)c2)cc1. The molecule has 0 aliphatic rings. The van der Waals surface area contributed by atoms with Crippen LogP contribution >= 0.6 is 11.8 Å². The van der Waals surface area contributed by atoms with Gasteiger partial charge in [-0.05, 0) is 53.4 Å². The van der Waals surface area contributed by atoms with Crippen molar-refractivity contribution < 1.29 is 14.3 Å². The highest BCUT2D eigenvalue weighted by molar-refractivity contribution is 7.99. The molecule has 36 heavy (non-hydrogen) atoms. The van der Waals surface area contributed by atoms with Crippen LogP contribution in [0.3, 0.4) is 0 Å². The van der Waals surface area contributed by atoms with Crippen LogP contribution in [-0.4, -0.2) is 40.6 Å². The number of aromatic nitrogens is 3. The van der Waals surface area contributed by atoms with Crippen LogP contribution in [0.4, 0.5) is 5.69 Å². The molecule has 4 rings (SSSR count). The molecule has 0 spiro atoms. The van der Waals surface area contributed by atoms with Gasteiger partial charge in [0, 0.05) is 16.9 Å². The van der Waals surface area contributed by atoms with Gasteiger partial charge < -0.3 is 14.8 Å². The highest BCUT2D eigenvalue weighted by atomic mass is 32.2. The summed E-state index contributed by atoms with van der Waals surface area (Å²) in [5.74, 6) is 2.21. The van der Waals surface area contributed by atoms with E-state index in [-0.39, 0.29) is 17.1 Å². The van der Waals surface area contributed by atoms with Crippen LogP contribution in [0.2, 0.25) is 0 Å². The minimum Gasteiger partial charge on any atom is -0.497 e. The Labute approximate surface area is 215 Å². The predicted molar refractivity (Wildman–Crippen MR) is 144 cm³/mol. The molecule has 1 N–H and O–H groups in total. The van der Waals surface area contributed by atoms with Gasteiger partial charge in [0.1, 0.15) is 11.5 Å². The summed E-state index contributed by atoms with van der Waals surface area (Å²) in [6.07, 6.45) is 0. The Morgan fingerprint density at radius 1 is 0.917 bits per heavy atom. The Balaban J connectivity index is 1.62. The van der Waals surface area contributed by atoms with Crippen molar-refractivity contribution in [2.45, 2.75) is 31.3 Å². The number of amides is 1. The molecule has 1 aromatic heterocycles. The molecule has 0 aliphatic carbocycles. The van der Waals surface area contributed by atoms with Gasteiger partial charge in [-0.25, -0.2) is 0 Å². The van der Waals surface area contributed by atoms with E-state index in [1.807, 2.05) is 77.4 Å². The summed E-state index contributed by atoms with van der Waals surface area (Å²) in [5.41, 5.74) is 3.54. The quantitative estimate of drug-likeness (QED) is 0.299. The highest BCUT2D eigenvalue weighted by Crippen LogP contribution is 2.32. The first kappa shape index (κ1) is 25.3. The number of nitrogens with zero attached hydrogens (tertiary/aromatic N) is 3. The zero-order valence-electron chi connectivity index (χ0n) is 21.1. The van der Waals surface area contributed by atoms with Crippen LogP contribution in [0.25, 0.3) is 17.1 Å². The van der Waals surface area contributed by atoms with E-state index in [1.165, 1.54) is 11.8 Å². The van der Waals surface area contributed by atoms with Crippen molar-refractivity contribution in [3.63, 3.8) is 0 Å². The number of hydrogen-bond donors (Lipinski definition) is 1. The van der Waals surface area contributed by atoms with Crippen molar-refractivity contribution >= 4 is 23.4 Å². The number of ether oxygens (including phenoxy) is 2. The standard InChI is InChI=1S/C28H30N4O3S/c1-28(2,3)23-11-6-7-12-24(23)29-25(33)18-36-27-31-30-26(19-9-8-10-22(17-19)35-5)32(27)20-13-15-21(34-4)16-14-20/h6-17H,18H2,1-5H3,(H,29,33). The third-order valence-corrected chi connectivity index (χ3v) is 6.56. The van der Waals surface area contributed by atoms with E-state index >= 15 is 0 Å². The Kier molecular flexibility index (Phi) is 7.64. The van der Waals surface area contributed by atoms with Crippen molar-refractivity contribution in [1.29, 1.82) is 0 Å². The normalized spacial score (nSPS) is 11.2. The maximum absolute atomic E-state index is 12.9. The zero-order valence-corrected chi connectivity index (χ0v) is 21.9. The summed E-state index contributed by atoms with van der Waals surface area (Å²) in [4.78, 5) is 12.9. The fourth-order valence-corrected chi connectivity index (χ4v) is 4.59. The molecule has 0 saturated carbocycles. The summed E-state index contributed by atoms with van der Waals surface area (Å²) in [6.45, 7) is 6.39. The molecular weight excluding hydrogens is 472 g/mol. The first-order chi connectivity index (χ1) is 17.3. The third kappa shape index (κ3) is 5.71.